The number of rotatable bonds is 5. The predicted octanol–water partition coefficient (Wildman–Crippen LogP) is 3.00. The molecular weight excluding hydrogens is 291 g/mol. The Morgan fingerprint density at radius 2 is 1.96 bits per heavy atom. The molecule has 2 saturated heterocycles. The lowest BCUT2D eigenvalue weighted by Gasteiger charge is -2.32. The maximum atomic E-state index is 13.7. The Morgan fingerprint density at radius 3 is 2.65 bits per heavy atom. The Hall–Kier alpha value is -1.42. The van der Waals surface area contributed by atoms with E-state index in [4.69, 9.17) is 0 Å². The highest BCUT2D eigenvalue weighted by atomic mass is 19.1. The standard InChI is InChI=1S/C19H27FN2O/c20-18-4-2-1-3-17(18)13-15-8-11-22(12-9-15)19(23)6-5-16-7-10-21-14-16/h1-4,15-16,21H,5-14H2. The molecule has 2 aliphatic heterocycles. The van der Waals surface area contributed by atoms with E-state index >= 15 is 0 Å². The second-order valence-electron chi connectivity index (χ2n) is 7.02. The average molecular weight is 318 g/mol. The van der Waals surface area contributed by atoms with Crippen LogP contribution in [0.2, 0.25) is 0 Å². The van der Waals surface area contributed by atoms with Gasteiger partial charge in [-0.15, -0.1) is 0 Å². The molecule has 1 amide bonds. The molecule has 0 bridgehead atoms. The third-order valence-electron chi connectivity index (χ3n) is 5.36. The number of hydrogen-bond donors (Lipinski definition) is 1. The summed E-state index contributed by atoms with van der Waals surface area (Å²) in [6.07, 6.45) is 5.68. The van der Waals surface area contributed by atoms with Gasteiger partial charge in [-0.25, -0.2) is 4.39 Å². The quantitative estimate of drug-likeness (QED) is 0.905. The van der Waals surface area contributed by atoms with E-state index in [1.54, 1.807) is 6.07 Å². The number of hydrogen-bond acceptors (Lipinski definition) is 2. The zero-order valence-electron chi connectivity index (χ0n) is 13.8. The van der Waals surface area contributed by atoms with Crippen LogP contribution in [0.3, 0.4) is 0 Å². The summed E-state index contributed by atoms with van der Waals surface area (Å²) in [6, 6.07) is 7.04. The van der Waals surface area contributed by atoms with Gasteiger partial charge in [-0.3, -0.25) is 4.79 Å². The predicted molar refractivity (Wildman–Crippen MR) is 89.6 cm³/mol. The molecule has 1 unspecified atom stereocenters. The molecule has 2 fully saturated rings. The highest BCUT2D eigenvalue weighted by Crippen LogP contribution is 2.24. The minimum Gasteiger partial charge on any atom is -0.343 e. The molecule has 3 nitrogen and oxygen atoms in total. The maximum Gasteiger partial charge on any atom is 0.222 e. The highest BCUT2D eigenvalue weighted by Gasteiger charge is 2.24. The lowest BCUT2D eigenvalue weighted by Crippen LogP contribution is -2.39. The van der Waals surface area contributed by atoms with Gasteiger partial charge in [0, 0.05) is 19.5 Å². The summed E-state index contributed by atoms with van der Waals surface area (Å²) in [6.45, 7) is 3.83. The molecular formula is C19H27FN2O. The van der Waals surface area contributed by atoms with Crippen molar-refractivity contribution < 1.29 is 9.18 Å². The molecule has 1 N–H and O–H groups in total. The number of benzene rings is 1. The van der Waals surface area contributed by atoms with Crippen LogP contribution in [0.15, 0.2) is 24.3 Å². The Labute approximate surface area is 138 Å². The summed E-state index contributed by atoms with van der Waals surface area (Å²) in [5.41, 5.74) is 0.811. The Kier molecular flexibility index (Phi) is 5.65. The number of carbonyl (C=O) groups is 1. The smallest absolute Gasteiger partial charge is 0.222 e. The molecule has 0 aromatic heterocycles. The summed E-state index contributed by atoms with van der Waals surface area (Å²) in [5, 5.41) is 3.35. The van der Waals surface area contributed by atoms with E-state index < -0.39 is 0 Å². The molecule has 23 heavy (non-hydrogen) atoms. The van der Waals surface area contributed by atoms with E-state index in [0.29, 0.717) is 24.2 Å². The van der Waals surface area contributed by atoms with Crippen molar-refractivity contribution in [3.8, 4) is 0 Å². The molecule has 0 saturated carbocycles. The second kappa shape index (κ2) is 7.91. The number of halogens is 1. The van der Waals surface area contributed by atoms with E-state index in [0.717, 1.165) is 57.4 Å². The van der Waals surface area contributed by atoms with Crippen molar-refractivity contribution in [1.82, 2.24) is 10.2 Å². The van der Waals surface area contributed by atoms with Crippen LogP contribution < -0.4 is 5.32 Å². The number of piperidine rings is 1. The molecule has 3 rings (SSSR count). The minimum atomic E-state index is -0.101. The van der Waals surface area contributed by atoms with Crippen LogP contribution in [0.25, 0.3) is 0 Å². The molecule has 1 aromatic carbocycles. The zero-order valence-corrected chi connectivity index (χ0v) is 13.8. The van der Waals surface area contributed by atoms with Crippen LogP contribution in [0.1, 0.15) is 37.7 Å². The Morgan fingerprint density at radius 1 is 1.17 bits per heavy atom. The number of amides is 1. The van der Waals surface area contributed by atoms with Gasteiger partial charge in [-0.1, -0.05) is 18.2 Å². The van der Waals surface area contributed by atoms with Crippen LogP contribution in [-0.2, 0) is 11.2 Å². The van der Waals surface area contributed by atoms with Crippen molar-refractivity contribution >= 4 is 5.91 Å². The van der Waals surface area contributed by atoms with Crippen LogP contribution >= 0.6 is 0 Å². The van der Waals surface area contributed by atoms with E-state index in [-0.39, 0.29) is 5.82 Å². The molecule has 0 radical (unpaired) electrons. The van der Waals surface area contributed by atoms with Gasteiger partial charge in [0.2, 0.25) is 5.91 Å². The highest BCUT2D eigenvalue weighted by molar-refractivity contribution is 5.76. The third-order valence-corrected chi connectivity index (χ3v) is 5.36. The van der Waals surface area contributed by atoms with Crippen LogP contribution in [0.4, 0.5) is 4.39 Å². The first kappa shape index (κ1) is 16.4. The van der Waals surface area contributed by atoms with Gasteiger partial charge in [-0.05, 0) is 68.7 Å². The van der Waals surface area contributed by atoms with Gasteiger partial charge in [0.05, 0.1) is 0 Å². The van der Waals surface area contributed by atoms with Gasteiger partial charge in [0.15, 0.2) is 0 Å². The monoisotopic (exact) mass is 318 g/mol. The van der Waals surface area contributed by atoms with Crippen molar-refractivity contribution in [1.29, 1.82) is 0 Å². The van der Waals surface area contributed by atoms with Gasteiger partial charge in [-0.2, -0.15) is 0 Å². The lowest BCUT2D eigenvalue weighted by molar-refractivity contribution is -0.132. The van der Waals surface area contributed by atoms with Gasteiger partial charge in [0.1, 0.15) is 5.82 Å². The first-order valence-electron chi connectivity index (χ1n) is 8.94. The van der Waals surface area contributed by atoms with E-state index in [1.807, 2.05) is 17.0 Å². The van der Waals surface area contributed by atoms with Crippen molar-refractivity contribution in [3.05, 3.63) is 35.6 Å². The van der Waals surface area contributed by atoms with E-state index in [2.05, 4.69) is 5.32 Å². The van der Waals surface area contributed by atoms with Crippen LogP contribution in [0.5, 0.6) is 0 Å². The fourth-order valence-corrected chi connectivity index (χ4v) is 3.81. The maximum absolute atomic E-state index is 13.7. The molecule has 2 heterocycles. The Balaban J connectivity index is 1.41. The average Bonchev–Trinajstić information content (AvgIpc) is 3.09. The summed E-state index contributed by atoms with van der Waals surface area (Å²) in [7, 11) is 0. The third kappa shape index (κ3) is 4.54. The molecule has 2 aliphatic rings. The number of nitrogens with one attached hydrogen (secondary N) is 1. The lowest BCUT2D eigenvalue weighted by atomic mass is 9.89. The van der Waals surface area contributed by atoms with Crippen molar-refractivity contribution in [2.45, 2.75) is 38.5 Å². The SMILES string of the molecule is O=C(CCC1CCNC1)N1CCC(Cc2ccccc2F)CC1. The molecule has 126 valence electrons. The fourth-order valence-electron chi connectivity index (χ4n) is 3.81. The molecule has 0 aliphatic carbocycles. The minimum absolute atomic E-state index is 0.101. The number of carbonyl (C=O) groups excluding carboxylic acids is 1. The zero-order chi connectivity index (χ0) is 16.1. The Bertz CT molecular complexity index is 520. The molecule has 0 spiro atoms. The van der Waals surface area contributed by atoms with Gasteiger partial charge < -0.3 is 10.2 Å². The van der Waals surface area contributed by atoms with E-state index in [9.17, 15) is 9.18 Å². The molecule has 4 heteroatoms. The van der Waals surface area contributed by atoms with Crippen molar-refractivity contribution in [3.63, 3.8) is 0 Å². The topological polar surface area (TPSA) is 32.3 Å². The normalized spacial score (nSPS) is 22.5. The van der Waals surface area contributed by atoms with Crippen molar-refractivity contribution in [2.75, 3.05) is 26.2 Å². The first-order chi connectivity index (χ1) is 11.2. The van der Waals surface area contributed by atoms with Crippen LogP contribution in [0, 0.1) is 17.7 Å². The summed E-state index contributed by atoms with van der Waals surface area (Å²) < 4.78 is 13.7. The number of nitrogens with zero attached hydrogens (tertiary/aromatic N) is 1. The summed E-state index contributed by atoms with van der Waals surface area (Å²) >= 11 is 0. The van der Waals surface area contributed by atoms with Crippen LogP contribution in [-0.4, -0.2) is 37.0 Å². The first-order valence-corrected chi connectivity index (χ1v) is 8.94. The van der Waals surface area contributed by atoms with Crippen molar-refractivity contribution in [2.24, 2.45) is 11.8 Å². The number of likely N-dealkylation sites (tertiary alicyclic amines) is 1. The van der Waals surface area contributed by atoms with E-state index in [1.165, 1.54) is 12.5 Å². The summed E-state index contributed by atoms with van der Waals surface area (Å²) in [4.78, 5) is 14.3. The molecule has 1 aromatic rings. The fraction of sp³-hybridized carbons (Fsp3) is 0.632. The van der Waals surface area contributed by atoms with Gasteiger partial charge in [0.25, 0.3) is 0 Å². The van der Waals surface area contributed by atoms with Gasteiger partial charge >= 0.3 is 0 Å². The second-order valence-corrected chi connectivity index (χ2v) is 7.02. The molecule has 1 atom stereocenters. The summed E-state index contributed by atoms with van der Waals surface area (Å²) in [5.74, 6) is 1.38. The largest absolute Gasteiger partial charge is 0.343 e.